The van der Waals surface area contributed by atoms with Gasteiger partial charge < -0.3 is 23.5 Å². The Morgan fingerprint density at radius 3 is 1.43 bits per heavy atom. The highest BCUT2D eigenvalue weighted by molar-refractivity contribution is 7.85. The molecule has 6 heteroatoms. The van der Waals surface area contributed by atoms with Crippen LogP contribution >= 0.6 is 7.14 Å². The lowest BCUT2D eigenvalue weighted by Crippen LogP contribution is -2.31. The van der Waals surface area contributed by atoms with Crippen LogP contribution in [0.3, 0.4) is 0 Å². The third kappa shape index (κ3) is 3.43. The highest BCUT2D eigenvalue weighted by Gasteiger charge is 2.38. The van der Waals surface area contributed by atoms with E-state index >= 15 is 4.57 Å². The summed E-state index contributed by atoms with van der Waals surface area (Å²) in [5, 5.41) is 2.18. The molecule has 3 aromatic rings. The van der Waals surface area contributed by atoms with Gasteiger partial charge in [-0.05, 0) is 0 Å². The topological polar surface area (TPSA) is 54.0 Å². The Morgan fingerprint density at radius 2 is 0.967 bits per heavy atom. The highest BCUT2D eigenvalue weighted by Crippen LogP contribution is 2.47. The van der Waals surface area contributed by atoms with Gasteiger partial charge >= 0.3 is 0 Å². The number of ether oxygens (including phenoxy) is 4. The molecule has 0 atom stereocenters. The van der Waals surface area contributed by atoms with Crippen molar-refractivity contribution >= 4 is 23.1 Å². The predicted molar refractivity (Wildman–Crippen MR) is 115 cm³/mol. The Bertz CT molecular complexity index is 992. The molecule has 0 N–H and O–H groups in total. The van der Waals surface area contributed by atoms with E-state index in [-0.39, 0.29) is 0 Å². The second-order valence-electron chi connectivity index (χ2n) is 7.21. The van der Waals surface area contributed by atoms with Crippen LogP contribution in [0.5, 0.6) is 0 Å². The Morgan fingerprint density at radius 1 is 0.567 bits per heavy atom. The first-order valence-electron chi connectivity index (χ1n) is 10.1. The van der Waals surface area contributed by atoms with Crippen molar-refractivity contribution < 1.29 is 23.5 Å². The second kappa shape index (κ2) is 8.46. The molecule has 2 heterocycles. The molecule has 0 bridgehead atoms. The average molecular weight is 422 g/mol. The maximum absolute atomic E-state index is 15.2. The van der Waals surface area contributed by atoms with E-state index in [0.717, 1.165) is 16.4 Å². The number of hydrogen-bond acceptors (Lipinski definition) is 5. The molecule has 2 aliphatic rings. The molecule has 2 saturated heterocycles. The summed E-state index contributed by atoms with van der Waals surface area (Å²) in [5.41, 5.74) is 1.59. The van der Waals surface area contributed by atoms with Gasteiger partial charge in [-0.1, -0.05) is 78.9 Å². The van der Waals surface area contributed by atoms with Gasteiger partial charge in [-0.25, -0.2) is 0 Å². The Hall–Kier alpha value is -2.27. The van der Waals surface area contributed by atoms with Gasteiger partial charge in [-0.3, -0.25) is 0 Å². The van der Waals surface area contributed by atoms with Crippen molar-refractivity contribution in [1.29, 1.82) is 0 Å². The zero-order valence-corrected chi connectivity index (χ0v) is 17.4. The minimum absolute atomic E-state index is 0.523. The SMILES string of the molecule is O=P(c1ccccc1)(c1ccccc1C1OCCO1)c1ccccc1C1OCCO1. The fraction of sp³-hybridized carbons (Fsp3) is 0.250. The van der Waals surface area contributed by atoms with Crippen molar-refractivity contribution in [2.24, 2.45) is 0 Å². The summed E-state index contributed by atoms with van der Waals surface area (Å²) < 4.78 is 38.3. The first kappa shape index (κ1) is 19.7. The minimum atomic E-state index is -3.28. The average Bonchev–Trinajstić information content (AvgIpc) is 3.54. The van der Waals surface area contributed by atoms with Crippen molar-refractivity contribution in [2.45, 2.75) is 12.6 Å². The van der Waals surface area contributed by atoms with E-state index in [1.165, 1.54) is 0 Å². The molecule has 0 aromatic heterocycles. The van der Waals surface area contributed by atoms with E-state index in [1.54, 1.807) is 0 Å². The normalized spacial score (nSPS) is 18.1. The van der Waals surface area contributed by atoms with E-state index in [4.69, 9.17) is 18.9 Å². The second-order valence-corrected chi connectivity index (χ2v) is 9.91. The molecule has 0 amide bonds. The van der Waals surface area contributed by atoms with Crippen LogP contribution < -0.4 is 15.9 Å². The Balaban J connectivity index is 1.75. The van der Waals surface area contributed by atoms with Crippen molar-refractivity contribution in [1.82, 2.24) is 0 Å². The van der Waals surface area contributed by atoms with Crippen LogP contribution in [-0.4, -0.2) is 26.4 Å². The molecule has 0 spiro atoms. The van der Waals surface area contributed by atoms with Crippen LogP contribution in [0.1, 0.15) is 23.7 Å². The summed E-state index contributed by atoms with van der Waals surface area (Å²) in [6.07, 6.45) is -1.05. The molecule has 30 heavy (non-hydrogen) atoms. The zero-order valence-electron chi connectivity index (χ0n) is 16.5. The Kier molecular flexibility index (Phi) is 5.55. The van der Waals surface area contributed by atoms with E-state index in [1.807, 2.05) is 78.9 Å². The van der Waals surface area contributed by atoms with E-state index in [2.05, 4.69) is 0 Å². The zero-order chi connectivity index (χ0) is 20.4. The van der Waals surface area contributed by atoms with Gasteiger partial charge in [0.2, 0.25) is 0 Å². The molecular formula is C24H23O5P. The largest absolute Gasteiger partial charge is 0.346 e. The monoisotopic (exact) mass is 422 g/mol. The fourth-order valence-corrected chi connectivity index (χ4v) is 7.16. The summed E-state index contributed by atoms with van der Waals surface area (Å²) in [6.45, 7) is 2.09. The van der Waals surface area contributed by atoms with Crippen molar-refractivity contribution in [3.8, 4) is 0 Å². The molecule has 0 radical (unpaired) electrons. The number of benzene rings is 3. The van der Waals surface area contributed by atoms with Gasteiger partial charge in [0.05, 0.1) is 26.4 Å². The van der Waals surface area contributed by atoms with Crippen LogP contribution in [0.4, 0.5) is 0 Å². The molecule has 2 fully saturated rings. The standard InChI is InChI=1S/C24H23O5P/c25-30(18-8-2-1-3-9-18,21-12-6-4-10-19(21)23-26-14-15-27-23)22-13-7-5-11-20(22)24-28-16-17-29-24/h1-13,23-24H,14-17H2. The first-order valence-corrected chi connectivity index (χ1v) is 11.8. The summed E-state index contributed by atoms with van der Waals surface area (Å²) in [7, 11) is -3.28. The van der Waals surface area contributed by atoms with Crippen LogP contribution in [0.25, 0.3) is 0 Å². The molecule has 154 valence electrons. The third-order valence-electron chi connectivity index (χ3n) is 5.42. The van der Waals surface area contributed by atoms with Gasteiger partial charge in [-0.2, -0.15) is 0 Å². The van der Waals surface area contributed by atoms with Crippen LogP contribution in [-0.2, 0) is 23.5 Å². The van der Waals surface area contributed by atoms with E-state index in [0.29, 0.717) is 37.0 Å². The summed E-state index contributed by atoms with van der Waals surface area (Å²) in [5.74, 6) is 0. The number of hydrogen-bond donors (Lipinski definition) is 0. The maximum Gasteiger partial charge on any atom is 0.184 e. The van der Waals surface area contributed by atoms with E-state index in [9.17, 15) is 0 Å². The van der Waals surface area contributed by atoms with Crippen molar-refractivity contribution in [3.63, 3.8) is 0 Å². The van der Waals surface area contributed by atoms with Gasteiger partial charge in [0.1, 0.15) is 0 Å². The lowest BCUT2D eigenvalue weighted by atomic mass is 10.2. The van der Waals surface area contributed by atoms with Crippen molar-refractivity contribution in [3.05, 3.63) is 90.0 Å². The molecule has 5 rings (SSSR count). The van der Waals surface area contributed by atoms with Crippen molar-refractivity contribution in [2.75, 3.05) is 26.4 Å². The molecule has 3 aromatic carbocycles. The fourth-order valence-electron chi connectivity index (χ4n) is 4.07. The summed E-state index contributed by atoms with van der Waals surface area (Å²) >= 11 is 0. The van der Waals surface area contributed by atoms with Crippen LogP contribution in [0.15, 0.2) is 78.9 Å². The molecule has 5 nitrogen and oxygen atoms in total. The molecule has 0 unspecified atom stereocenters. The maximum atomic E-state index is 15.2. The Labute approximate surface area is 175 Å². The van der Waals surface area contributed by atoms with Gasteiger partial charge in [-0.15, -0.1) is 0 Å². The van der Waals surface area contributed by atoms with E-state index < -0.39 is 19.7 Å². The molecule has 0 aliphatic carbocycles. The molecular weight excluding hydrogens is 399 g/mol. The van der Waals surface area contributed by atoms with Gasteiger partial charge in [0.15, 0.2) is 19.7 Å². The number of rotatable bonds is 5. The summed E-state index contributed by atoms with van der Waals surface area (Å²) in [6, 6.07) is 25.0. The third-order valence-corrected chi connectivity index (χ3v) is 8.62. The lowest BCUT2D eigenvalue weighted by molar-refractivity contribution is -0.0433. The highest BCUT2D eigenvalue weighted by atomic mass is 31.2. The molecule has 2 aliphatic heterocycles. The van der Waals surface area contributed by atoms with Gasteiger partial charge in [0, 0.05) is 27.0 Å². The van der Waals surface area contributed by atoms with Crippen LogP contribution in [0.2, 0.25) is 0 Å². The smallest absolute Gasteiger partial charge is 0.184 e. The first-order chi connectivity index (χ1) is 14.8. The van der Waals surface area contributed by atoms with Gasteiger partial charge in [0.25, 0.3) is 0 Å². The predicted octanol–water partition coefficient (Wildman–Crippen LogP) is 3.42. The lowest BCUT2D eigenvalue weighted by Gasteiger charge is -2.27. The quantitative estimate of drug-likeness (QED) is 0.590. The van der Waals surface area contributed by atoms with Crippen LogP contribution in [0, 0.1) is 0 Å². The molecule has 0 saturated carbocycles. The minimum Gasteiger partial charge on any atom is -0.346 e. The summed E-state index contributed by atoms with van der Waals surface area (Å²) in [4.78, 5) is 0.